The van der Waals surface area contributed by atoms with Gasteiger partial charge in [-0.1, -0.05) is 12.1 Å². The third-order valence-electron chi connectivity index (χ3n) is 3.98. The molecule has 3 N–H and O–H groups in total. The Balaban J connectivity index is 1.54. The van der Waals surface area contributed by atoms with Gasteiger partial charge in [-0.25, -0.2) is 0 Å². The van der Waals surface area contributed by atoms with Crippen molar-refractivity contribution in [2.45, 2.75) is 19.0 Å². The van der Waals surface area contributed by atoms with E-state index in [1.807, 2.05) is 6.07 Å². The molecular formula is C19H20F3N3O2. The quantitative estimate of drug-likeness (QED) is 0.626. The number of aliphatic imine (C=N–C) groups is 1. The van der Waals surface area contributed by atoms with Gasteiger partial charge < -0.3 is 20.5 Å². The SMILES string of the molecule is NC(=NCCc1ccc(C(F)(F)F)cc1)Nc1ccc2c(c1)OCCCO2. The second-order valence-corrected chi connectivity index (χ2v) is 6.05. The molecule has 1 aliphatic rings. The lowest BCUT2D eigenvalue weighted by molar-refractivity contribution is -0.137. The van der Waals surface area contributed by atoms with Crippen molar-refractivity contribution in [1.29, 1.82) is 0 Å². The maximum atomic E-state index is 12.5. The van der Waals surface area contributed by atoms with Crippen LogP contribution in [0.25, 0.3) is 0 Å². The molecule has 0 saturated heterocycles. The van der Waals surface area contributed by atoms with E-state index < -0.39 is 11.7 Å². The summed E-state index contributed by atoms with van der Waals surface area (Å²) in [7, 11) is 0. The molecule has 3 rings (SSSR count). The fourth-order valence-corrected chi connectivity index (χ4v) is 2.59. The Morgan fingerprint density at radius 2 is 1.74 bits per heavy atom. The van der Waals surface area contributed by atoms with Crippen LogP contribution in [0.15, 0.2) is 47.5 Å². The molecule has 0 fully saturated rings. The summed E-state index contributed by atoms with van der Waals surface area (Å²) >= 11 is 0. The first-order chi connectivity index (χ1) is 12.9. The highest BCUT2D eigenvalue weighted by Gasteiger charge is 2.29. The number of hydrogen-bond donors (Lipinski definition) is 2. The summed E-state index contributed by atoms with van der Waals surface area (Å²) in [5, 5.41) is 2.97. The Morgan fingerprint density at radius 3 is 2.44 bits per heavy atom. The van der Waals surface area contributed by atoms with Crippen molar-refractivity contribution in [1.82, 2.24) is 0 Å². The third kappa shape index (κ3) is 5.29. The van der Waals surface area contributed by atoms with Gasteiger partial charge in [0.2, 0.25) is 0 Å². The third-order valence-corrected chi connectivity index (χ3v) is 3.98. The van der Waals surface area contributed by atoms with E-state index in [1.165, 1.54) is 12.1 Å². The number of anilines is 1. The van der Waals surface area contributed by atoms with E-state index in [1.54, 1.807) is 12.1 Å². The molecule has 144 valence electrons. The molecule has 8 heteroatoms. The number of nitrogens with zero attached hydrogens (tertiary/aromatic N) is 1. The van der Waals surface area contributed by atoms with Crippen molar-refractivity contribution >= 4 is 11.6 Å². The molecule has 0 aromatic heterocycles. The molecule has 0 aliphatic carbocycles. The molecule has 27 heavy (non-hydrogen) atoms. The van der Waals surface area contributed by atoms with Crippen LogP contribution in [-0.4, -0.2) is 25.7 Å². The van der Waals surface area contributed by atoms with Gasteiger partial charge >= 0.3 is 6.18 Å². The molecule has 0 saturated carbocycles. The van der Waals surface area contributed by atoms with Crippen LogP contribution in [0.5, 0.6) is 11.5 Å². The molecule has 1 aliphatic heterocycles. The molecule has 0 atom stereocenters. The number of nitrogens with one attached hydrogen (secondary N) is 1. The zero-order valence-electron chi connectivity index (χ0n) is 14.6. The van der Waals surface area contributed by atoms with E-state index in [0.29, 0.717) is 37.7 Å². The van der Waals surface area contributed by atoms with Crippen LogP contribution in [-0.2, 0) is 12.6 Å². The van der Waals surface area contributed by atoms with Crippen molar-refractivity contribution in [3.05, 3.63) is 53.6 Å². The van der Waals surface area contributed by atoms with Crippen LogP contribution in [0, 0.1) is 0 Å². The molecule has 2 aromatic carbocycles. The van der Waals surface area contributed by atoms with Gasteiger partial charge in [0.1, 0.15) is 0 Å². The van der Waals surface area contributed by atoms with E-state index in [0.717, 1.165) is 29.8 Å². The highest BCUT2D eigenvalue weighted by atomic mass is 19.4. The smallest absolute Gasteiger partial charge is 0.416 e. The number of nitrogens with two attached hydrogens (primary N) is 1. The summed E-state index contributed by atoms with van der Waals surface area (Å²) in [5.41, 5.74) is 6.69. The van der Waals surface area contributed by atoms with Gasteiger partial charge in [-0.3, -0.25) is 4.99 Å². The van der Waals surface area contributed by atoms with E-state index in [-0.39, 0.29) is 5.96 Å². The maximum absolute atomic E-state index is 12.5. The normalized spacial score (nSPS) is 14.6. The highest BCUT2D eigenvalue weighted by Crippen LogP contribution is 2.32. The first-order valence-electron chi connectivity index (χ1n) is 8.54. The van der Waals surface area contributed by atoms with Crippen molar-refractivity contribution in [3.63, 3.8) is 0 Å². The number of hydrogen-bond acceptors (Lipinski definition) is 3. The summed E-state index contributed by atoms with van der Waals surface area (Å²) in [6.45, 7) is 1.56. The predicted molar refractivity (Wildman–Crippen MR) is 97.3 cm³/mol. The van der Waals surface area contributed by atoms with Crippen LogP contribution in [0.3, 0.4) is 0 Å². The number of ether oxygens (including phenoxy) is 2. The first-order valence-corrected chi connectivity index (χ1v) is 8.54. The van der Waals surface area contributed by atoms with Crippen molar-refractivity contribution in [2.75, 3.05) is 25.1 Å². The number of halogens is 3. The van der Waals surface area contributed by atoms with Crippen LogP contribution in [0.4, 0.5) is 18.9 Å². The second kappa shape index (κ2) is 8.20. The van der Waals surface area contributed by atoms with E-state index in [2.05, 4.69) is 10.3 Å². The standard InChI is InChI=1S/C19H20F3N3O2/c20-19(21,22)14-4-2-13(3-5-14)8-9-24-18(23)25-15-6-7-16-17(12-15)27-11-1-10-26-16/h2-7,12H,1,8-11H2,(H3,23,24,25). The number of guanidine groups is 1. The van der Waals surface area contributed by atoms with Gasteiger partial charge in [0, 0.05) is 24.7 Å². The lowest BCUT2D eigenvalue weighted by Gasteiger charge is -2.11. The molecule has 0 amide bonds. The molecule has 0 spiro atoms. The fraction of sp³-hybridized carbons (Fsp3) is 0.316. The minimum Gasteiger partial charge on any atom is -0.490 e. The monoisotopic (exact) mass is 379 g/mol. The van der Waals surface area contributed by atoms with Crippen LogP contribution >= 0.6 is 0 Å². The molecule has 2 aromatic rings. The van der Waals surface area contributed by atoms with Crippen molar-refractivity contribution in [3.8, 4) is 11.5 Å². The maximum Gasteiger partial charge on any atom is 0.416 e. The molecule has 0 radical (unpaired) electrons. The van der Waals surface area contributed by atoms with Gasteiger partial charge in [-0.15, -0.1) is 0 Å². The van der Waals surface area contributed by atoms with E-state index in [9.17, 15) is 13.2 Å². The summed E-state index contributed by atoms with van der Waals surface area (Å²) in [5.74, 6) is 1.56. The zero-order chi connectivity index (χ0) is 19.3. The predicted octanol–water partition coefficient (Wildman–Crippen LogP) is 3.84. The average Bonchev–Trinajstić information content (AvgIpc) is 2.86. The minimum absolute atomic E-state index is 0.219. The Hall–Kier alpha value is -2.90. The number of alkyl halides is 3. The first kappa shape index (κ1) is 18.9. The van der Waals surface area contributed by atoms with Crippen molar-refractivity contribution in [2.24, 2.45) is 10.7 Å². The molecule has 1 heterocycles. The lowest BCUT2D eigenvalue weighted by atomic mass is 10.1. The van der Waals surface area contributed by atoms with Gasteiger partial charge in [0.05, 0.1) is 18.8 Å². The minimum atomic E-state index is -4.33. The molecule has 0 unspecified atom stereocenters. The molecule has 0 bridgehead atoms. The second-order valence-electron chi connectivity index (χ2n) is 6.05. The summed E-state index contributed by atoms with van der Waals surface area (Å²) in [4.78, 5) is 4.21. The van der Waals surface area contributed by atoms with Gasteiger partial charge in [-0.05, 0) is 36.2 Å². The van der Waals surface area contributed by atoms with Crippen LogP contribution in [0.2, 0.25) is 0 Å². The largest absolute Gasteiger partial charge is 0.490 e. The highest BCUT2D eigenvalue weighted by molar-refractivity contribution is 5.92. The van der Waals surface area contributed by atoms with Crippen LogP contribution in [0.1, 0.15) is 17.5 Å². The Kier molecular flexibility index (Phi) is 5.73. The Labute approximate surface area is 155 Å². The zero-order valence-corrected chi connectivity index (χ0v) is 14.6. The topological polar surface area (TPSA) is 68.9 Å². The summed E-state index contributed by atoms with van der Waals surface area (Å²) < 4.78 is 48.8. The fourth-order valence-electron chi connectivity index (χ4n) is 2.59. The van der Waals surface area contributed by atoms with Gasteiger partial charge in [0.25, 0.3) is 0 Å². The Morgan fingerprint density at radius 1 is 1.04 bits per heavy atom. The summed E-state index contributed by atoms with van der Waals surface area (Å²) in [6, 6.07) is 10.4. The summed E-state index contributed by atoms with van der Waals surface area (Å²) in [6.07, 6.45) is -3.01. The van der Waals surface area contributed by atoms with Gasteiger partial charge in [-0.2, -0.15) is 13.2 Å². The van der Waals surface area contributed by atoms with E-state index in [4.69, 9.17) is 15.2 Å². The number of rotatable bonds is 4. The van der Waals surface area contributed by atoms with Crippen molar-refractivity contribution < 1.29 is 22.6 Å². The molecular weight excluding hydrogens is 359 g/mol. The average molecular weight is 379 g/mol. The Bertz CT molecular complexity index is 805. The number of fused-ring (bicyclic) bond motifs is 1. The molecule has 5 nitrogen and oxygen atoms in total. The van der Waals surface area contributed by atoms with Crippen LogP contribution < -0.4 is 20.5 Å². The van der Waals surface area contributed by atoms with E-state index >= 15 is 0 Å². The van der Waals surface area contributed by atoms with Gasteiger partial charge in [0.15, 0.2) is 17.5 Å². The lowest BCUT2D eigenvalue weighted by Crippen LogP contribution is -2.23. The number of benzene rings is 2.